The summed E-state index contributed by atoms with van der Waals surface area (Å²) in [6.07, 6.45) is 0.418. The zero-order valence-corrected chi connectivity index (χ0v) is 17.4. The third kappa shape index (κ3) is 5.34. The predicted molar refractivity (Wildman–Crippen MR) is 113 cm³/mol. The van der Waals surface area contributed by atoms with E-state index in [1.165, 1.54) is 12.1 Å². The first-order valence-corrected chi connectivity index (χ1v) is 9.87. The summed E-state index contributed by atoms with van der Waals surface area (Å²) in [6, 6.07) is 14.5. The van der Waals surface area contributed by atoms with Gasteiger partial charge in [0.05, 0.1) is 12.3 Å². The molecule has 154 valence electrons. The number of amides is 1. The number of hydrogen-bond acceptors (Lipinski definition) is 4. The largest absolute Gasteiger partial charge is 0.390 e. The monoisotopic (exact) mass is 397 g/mol. The third-order valence-corrected chi connectivity index (χ3v) is 4.94. The van der Waals surface area contributed by atoms with E-state index in [4.69, 9.17) is 4.84 Å². The Balaban J connectivity index is 1.66. The minimum Gasteiger partial charge on any atom is -0.390 e. The molecular weight excluding hydrogens is 369 g/mol. The number of benzene rings is 2. The minimum atomic E-state index is -0.302. The average molecular weight is 397 g/mol. The first kappa shape index (κ1) is 20.8. The standard InChI is InChI=1S/C23H28FN3O2/c1-16(2)23(28)27(14-17-6-5-7-19(24)12-17)15-21-13-22(25-29-21)18-8-10-20(11-9-18)26(3)4/h5-12,16,21H,13-15H2,1-4H3/t21-/m1/s1. The molecule has 0 aliphatic carbocycles. The predicted octanol–water partition coefficient (Wildman–Crippen LogP) is 4.07. The van der Waals surface area contributed by atoms with Crippen LogP contribution in [0.2, 0.25) is 0 Å². The Labute approximate surface area is 171 Å². The molecular formula is C23H28FN3O2. The summed E-state index contributed by atoms with van der Waals surface area (Å²) in [7, 11) is 4.00. The van der Waals surface area contributed by atoms with Crippen molar-refractivity contribution in [2.45, 2.75) is 32.9 Å². The number of carbonyl (C=O) groups excluding carboxylic acids is 1. The lowest BCUT2D eigenvalue weighted by Gasteiger charge is -2.26. The van der Waals surface area contributed by atoms with E-state index in [2.05, 4.69) is 5.16 Å². The molecule has 29 heavy (non-hydrogen) atoms. The van der Waals surface area contributed by atoms with Gasteiger partial charge in [-0.15, -0.1) is 0 Å². The summed E-state index contributed by atoms with van der Waals surface area (Å²) in [5.74, 6) is -0.436. The SMILES string of the molecule is CC(C)C(=O)N(Cc1cccc(F)c1)C[C@H]1CC(c2ccc(N(C)C)cc2)=NO1. The summed E-state index contributed by atoms with van der Waals surface area (Å²) in [6.45, 7) is 4.49. The molecule has 0 saturated heterocycles. The van der Waals surface area contributed by atoms with Crippen LogP contribution in [0.5, 0.6) is 0 Å². The molecule has 1 heterocycles. The van der Waals surface area contributed by atoms with Crippen molar-refractivity contribution in [3.8, 4) is 0 Å². The van der Waals surface area contributed by atoms with Gasteiger partial charge in [0.25, 0.3) is 0 Å². The number of rotatable bonds is 7. The molecule has 0 saturated carbocycles. The Kier molecular flexibility index (Phi) is 6.52. The highest BCUT2D eigenvalue weighted by Gasteiger charge is 2.28. The van der Waals surface area contributed by atoms with Crippen LogP contribution in [0.4, 0.5) is 10.1 Å². The molecule has 1 atom stereocenters. The van der Waals surface area contributed by atoms with Crippen molar-refractivity contribution in [3.05, 3.63) is 65.5 Å². The second kappa shape index (κ2) is 9.07. The number of oxime groups is 1. The van der Waals surface area contributed by atoms with E-state index in [-0.39, 0.29) is 23.7 Å². The van der Waals surface area contributed by atoms with Gasteiger partial charge in [-0.2, -0.15) is 0 Å². The number of anilines is 1. The first-order chi connectivity index (χ1) is 13.8. The Morgan fingerprint density at radius 2 is 1.93 bits per heavy atom. The molecule has 0 radical (unpaired) electrons. The van der Waals surface area contributed by atoms with Crippen molar-refractivity contribution in [1.29, 1.82) is 0 Å². The van der Waals surface area contributed by atoms with Crippen LogP contribution in [0.25, 0.3) is 0 Å². The van der Waals surface area contributed by atoms with Gasteiger partial charge >= 0.3 is 0 Å². The van der Waals surface area contributed by atoms with E-state index in [0.717, 1.165) is 22.5 Å². The Morgan fingerprint density at radius 1 is 1.21 bits per heavy atom. The van der Waals surface area contributed by atoms with E-state index in [1.807, 2.05) is 63.2 Å². The molecule has 0 spiro atoms. The average Bonchev–Trinajstić information content (AvgIpc) is 3.15. The van der Waals surface area contributed by atoms with Gasteiger partial charge in [-0.05, 0) is 35.4 Å². The van der Waals surface area contributed by atoms with Crippen LogP contribution in [-0.2, 0) is 16.2 Å². The maximum Gasteiger partial charge on any atom is 0.225 e. The van der Waals surface area contributed by atoms with Crippen LogP contribution in [0, 0.1) is 11.7 Å². The van der Waals surface area contributed by atoms with Crippen LogP contribution in [0.3, 0.4) is 0 Å². The second-order valence-corrected chi connectivity index (χ2v) is 7.91. The molecule has 0 aromatic heterocycles. The van der Waals surface area contributed by atoms with E-state index in [0.29, 0.717) is 19.5 Å². The molecule has 2 aromatic carbocycles. The zero-order chi connectivity index (χ0) is 21.0. The summed E-state index contributed by atoms with van der Waals surface area (Å²) in [4.78, 5) is 22.1. The number of carbonyl (C=O) groups is 1. The molecule has 1 amide bonds. The quantitative estimate of drug-likeness (QED) is 0.708. The number of nitrogens with zero attached hydrogens (tertiary/aromatic N) is 3. The Hall–Kier alpha value is -2.89. The topological polar surface area (TPSA) is 45.1 Å². The van der Waals surface area contributed by atoms with Gasteiger partial charge in [-0.25, -0.2) is 4.39 Å². The fourth-order valence-corrected chi connectivity index (χ4v) is 3.35. The van der Waals surface area contributed by atoms with Gasteiger partial charge in [0.2, 0.25) is 5.91 Å². The van der Waals surface area contributed by atoms with E-state index >= 15 is 0 Å². The second-order valence-electron chi connectivity index (χ2n) is 7.91. The molecule has 6 heteroatoms. The molecule has 3 rings (SSSR count). The summed E-state index contributed by atoms with van der Waals surface area (Å²) in [5.41, 5.74) is 3.78. The highest BCUT2D eigenvalue weighted by molar-refractivity contribution is 6.01. The normalized spacial score (nSPS) is 15.8. The smallest absolute Gasteiger partial charge is 0.225 e. The fraction of sp³-hybridized carbons (Fsp3) is 0.391. The minimum absolute atomic E-state index is 0.0154. The molecule has 1 aliphatic rings. The van der Waals surface area contributed by atoms with Crippen molar-refractivity contribution >= 4 is 17.3 Å². The lowest BCUT2D eigenvalue weighted by atomic mass is 10.0. The van der Waals surface area contributed by atoms with Gasteiger partial charge in [-0.1, -0.05) is 43.3 Å². The molecule has 2 aromatic rings. The summed E-state index contributed by atoms with van der Waals surface area (Å²) >= 11 is 0. The number of halogens is 1. The van der Waals surface area contributed by atoms with Crippen LogP contribution >= 0.6 is 0 Å². The van der Waals surface area contributed by atoms with Gasteiger partial charge in [0, 0.05) is 38.7 Å². The van der Waals surface area contributed by atoms with Crippen LogP contribution in [0.1, 0.15) is 31.4 Å². The zero-order valence-electron chi connectivity index (χ0n) is 17.4. The van der Waals surface area contributed by atoms with E-state index < -0.39 is 0 Å². The van der Waals surface area contributed by atoms with E-state index in [1.54, 1.807) is 11.0 Å². The lowest BCUT2D eigenvalue weighted by Crippen LogP contribution is -2.39. The van der Waals surface area contributed by atoms with Gasteiger partial charge in [-0.3, -0.25) is 4.79 Å². The Morgan fingerprint density at radius 3 is 2.55 bits per heavy atom. The molecule has 1 aliphatic heterocycles. The molecule has 0 bridgehead atoms. The maximum absolute atomic E-state index is 13.5. The molecule has 0 fully saturated rings. The summed E-state index contributed by atoms with van der Waals surface area (Å²) < 4.78 is 13.5. The third-order valence-electron chi connectivity index (χ3n) is 4.94. The van der Waals surface area contributed by atoms with Crippen molar-refractivity contribution in [2.24, 2.45) is 11.1 Å². The Bertz CT molecular complexity index is 878. The van der Waals surface area contributed by atoms with Crippen LogP contribution in [-0.4, -0.2) is 43.3 Å². The van der Waals surface area contributed by atoms with Crippen molar-refractivity contribution in [1.82, 2.24) is 4.90 Å². The molecule has 0 unspecified atom stereocenters. The van der Waals surface area contributed by atoms with Crippen LogP contribution in [0.15, 0.2) is 53.7 Å². The van der Waals surface area contributed by atoms with Crippen LogP contribution < -0.4 is 4.90 Å². The van der Waals surface area contributed by atoms with Crippen molar-refractivity contribution in [2.75, 3.05) is 25.5 Å². The van der Waals surface area contributed by atoms with Gasteiger partial charge in [0.15, 0.2) is 6.10 Å². The lowest BCUT2D eigenvalue weighted by molar-refractivity contribution is -0.137. The fourth-order valence-electron chi connectivity index (χ4n) is 3.35. The molecule has 0 N–H and O–H groups in total. The summed E-state index contributed by atoms with van der Waals surface area (Å²) in [5, 5.41) is 4.25. The van der Waals surface area contributed by atoms with E-state index in [9.17, 15) is 9.18 Å². The maximum atomic E-state index is 13.5. The number of hydrogen-bond donors (Lipinski definition) is 0. The van der Waals surface area contributed by atoms with Crippen molar-refractivity contribution < 1.29 is 14.0 Å². The first-order valence-electron chi connectivity index (χ1n) is 9.87. The van der Waals surface area contributed by atoms with Crippen molar-refractivity contribution in [3.63, 3.8) is 0 Å². The highest BCUT2D eigenvalue weighted by atomic mass is 19.1. The van der Waals surface area contributed by atoms with Gasteiger partial charge in [0.1, 0.15) is 5.82 Å². The molecule has 5 nitrogen and oxygen atoms in total. The highest BCUT2D eigenvalue weighted by Crippen LogP contribution is 2.21. The van der Waals surface area contributed by atoms with Gasteiger partial charge < -0.3 is 14.6 Å².